The zero-order valence-corrected chi connectivity index (χ0v) is 22.7. The standard InChI is InChI=1S/C29H35FN6O/c1-19-14-20(16-31)23(28(2,3)4)15-25(19)33-26-24(30)17-32-27(34-26)35-12-13-36(29(5,6)18-35)21-8-10-22(37-7)11-9-21/h8-11,14-15,17H,12-13,18H2,1-7H3,(H,32,33,34). The summed E-state index contributed by atoms with van der Waals surface area (Å²) in [6.07, 6.45) is 1.22. The van der Waals surface area contributed by atoms with E-state index in [1.807, 2.05) is 31.2 Å². The first-order chi connectivity index (χ1) is 17.4. The number of benzene rings is 2. The number of nitrogens with zero attached hydrogens (tertiary/aromatic N) is 5. The molecule has 3 aromatic rings. The van der Waals surface area contributed by atoms with Crippen LogP contribution < -0.4 is 19.9 Å². The summed E-state index contributed by atoms with van der Waals surface area (Å²) in [7, 11) is 1.66. The minimum Gasteiger partial charge on any atom is -0.497 e. The van der Waals surface area contributed by atoms with Gasteiger partial charge >= 0.3 is 0 Å². The number of hydrogen-bond donors (Lipinski definition) is 1. The van der Waals surface area contributed by atoms with Gasteiger partial charge in [-0.25, -0.2) is 9.37 Å². The van der Waals surface area contributed by atoms with Crippen LogP contribution in [0.1, 0.15) is 51.3 Å². The lowest BCUT2D eigenvalue weighted by Gasteiger charge is -2.48. The monoisotopic (exact) mass is 502 g/mol. The fourth-order valence-electron chi connectivity index (χ4n) is 4.85. The van der Waals surface area contributed by atoms with Gasteiger partial charge in [0, 0.05) is 31.0 Å². The van der Waals surface area contributed by atoms with E-state index in [2.05, 4.69) is 77.9 Å². The van der Waals surface area contributed by atoms with Crippen LogP contribution in [0.5, 0.6) is 5.75 Å². The van der Waals surface area contributed by atoms with E-state index in [0.29, 0.717) is 24.6 Å². The molecule has 0 radical (unpaired) electrons. The van der Waals surface area contributed by atoms with Crippen molar-refractivity contribution in [2.45, 2.75) is 52.5 Å². The quantitative estimate of drug-likeness (QED) is 0.462. The van der Waals surface area contributed by atoms with Gasteiger partial charge in [-0.05, 0) is 73.7 Å². The zero-order chi connectivity index (χ0) is 27.0. The van der Waals surface area contributed by atoms with Crippen molar-refractivity contribution >= 4 is 23.1 Å². The Morgan fingerprint density at radius 2 is 1.84 bits per heavy atom. The molecule has 2 aromatic carbocycles. The van der Waals surface area contributed by atoms with Gasteiger partial charge in [-0.3, -0.25) is 0 Å². The van der Waals surface area contributed by atoms with Gasteiger partial charge in [-0.15, -0.1) is 0 Å². The van der Waals surface area contributed by atoms with Crippen LogP contribution >= 0.6 is 0 Å². The number of nitrogens with one attached hydrogen (secondary N) is 1. The fourth-order valence-corrected chi connectivity index (χ4v) is 4.85. The second-order valence-electron chi connectivity index (χ2n) is 11.1. The predicted octanol–water partition coefficient (Wildman–Crippen LogP) is 5.95. The molecule has 7 nitrogen and oxygen atoms in total. The van der Waals surface area contributed by atoms with Gasteiger partial charge in [0.15, 0.2) is 11.6 Å². The molecule has 0 spiro atoms. The molecular weight excluding hydrogens is 467 g/mol. The maximum atomic E-state index is 14.9. The Kier molecular flexibility index (Phi) is 7.00. The van der Waals surface area contributed by atoms with E-state index in [-0.39, 0.29) is 16.8 Å². The first-order valence-electron chi connectivity index (χ1n) is 12.4. The van der Waals surface area contributed by atoms with Gasteiger partial charge in [0.05, 0.1) is 30.5 Å². The van der Waals surface area contributed by atoms with Crippen molar-refractivity contribution in [2.75, 3.05) is 41.9 Å². The third-order valence-electron chi connectivity index (χ3n) is 6.85. The smallest absolute Gasteiger partial charge is 0.227 e. The van der Waals surface area contributed by atoms with Crippen LogP contribution in [-0.4, -0.2) is 42.3 Å². The van der Waals surface area contributed by atoms with Gasteiger partial charge in [0.2, 0.25) is 5.95 Å². The number of halogens is 1. The van der Waals surface area contributed by atoms with E-state index in [9.17, 15) is 9.65 Å². The highest BCUT2D eigenvalue weighted by Gasteiger charge is 2.35. The maximum absolute atomic E-state index is 14.9. The van der Waals surface area contributed by atoms with E-state index in [4.69, 9.17) is 4.74 Å². The van der Waals surface area contributed by atoms with Crippen LogP contribution in [0.4, 0.5) is 27.5 Å². The molecule has 8 heteroatoms. The first-order valence-corrected chi connectivity index (χ1v) is 12.4. The Morgan fingerprint density at radius 1 is 1.14 bits per heavy atom. The molecule has 2 heterocycles. The third-order valence-corrected chi connectivity index (χ3v) is 6.85. The maximum Gasteiger partial charge on any atom is 0.227 e. The van der Waals surface area contributed by atoms with Crippen molar-refractivity contribution in [1.82, 2.24) is 9.97 Å². The lowest BCUT2D eigenvalue weighted by molar-refractivity contribution is 0.407. The molecule has 1 aromatic heterocycles. The highest BCUT2D eigenvalue weighted by Crippen LogP contribution is 2.34. The van der Waals surface area contributed by atoms with Gasteiger partial charge in [-0.1, -0.05) is 20.8 Å². The second-order valence-corrected chi connectivity index (χ2v) is 11.1. The van der Waals surface area contributed by atoms with Gasteiger partial charge in [0.1, 0.15) is 5.75 Å². The summed E-state index contributed by atoms with van der Waals surface area (Å²) in [6.45, 7) is 14.6. The number of rotatable bonds is 5. The number of hydrogen-bond acceptors (Lipinski definition) is 7. The topological polar surface area (TPSA) is 77.3 Å². The number of ether oxygens (including phenoxy) is 1. The summed E-state index contributed by atoms with van der Waals surface area (Å²) in [5.74, 6) is 0.898. The molecular formula is C29H35FN6O. The molecule has 1 saturated heterocycles. The zero-order valence-electron chi connectivity index (χ0n) is 22.7. The Hall–Kier alpha value is -3.86. The van der Waals surface area contributed by atoms with Gasteiger partial charge in [0.25, 0.3) is 0 Å². The average molecular weight is 503 g/mol. The molecule has 1 aliphatic rings. The molecule has 0 unspecified atom stereocenters. The Balaban J connectivity index is 1.58. The van der Waals surface area contributed by atoms with E-state index < -0.39 is 5.82 Å². The van der Waals surface area contributed by atoms with Crippen molar-refractivity contribution in [3.8, 4) is 11.8 Å². The van der Waals surface area contributed by atoms with Crippen molar-refractivity contribution in [3.63, 3.8) is 0 Å². The molecule has 1 aliphatic heterocycles. The molecule has 1 fully saturated rings. The lowest BCUT2D eigenvalue weighted by atomic mass is 9.83. The molecule has 37 heavy (non-hydrogen) atoms. The normalized spacial score (nSPS) is 15.3. The molecule has 0 amide bonds. The number of aromatic nitrogens is 2. The molecule has 4 rings (SSSR count). The van der Waals surface area contributed by atoms with Crippen molar-refractivity contribution < 1.29 is 9.13 Å². The van der Waals surface area contributed by atoms with Crippen LogP contribution in [0.15, 0.2) is 42.6 Å². The number of aryl methyl sites for hydroxylation is 1. The summed E-state index contributed by atoms with van der Waals surface area (Å²) in [6, 6.07) is 14.1. The largest absolute Gasteiger partial charge is 0.497 e. The average Bonchev–Trinajstić information content (AvgIpc) is 2.85. The SMILES string of the molecule is COc1ccc(N2CCN(c3ncc(F)c(Nc4cc(C(C)(C)C)c(C#N)cc4C)n3)CC2(C)C)cc1. The van der Waals surface area contributed by atoms with E-state index in [1.54, 1.807) is 7.11 Å². The molecule has 1 N–H and O–H groups in total. The molecule has 0 bridgehead atoms. The minimum atomic E-state index is -0.527. The van der Waals surface area contributed by atoms with Crippen LogP contribution in [0.3, 0.4) is 0 Å². The van der Waals surface area contributed by atoms with E-state index >= 15 is 0 Å². The second kappa shape index (κ2) is 9.89. The van der Waals surface area contributed by atoms with Crippen molar-refractivity contribution in [2.24, 2.45) is 0 Å². The number of anilines is 4. The van der Waals surface area contributed by atoms with E-state index in [1.165, 1.54) is 6.20 Å². The molecule has 0 aliphatic carbocycles. The highest BCUT2D eigenvalue weighted by atomic mass is 19.1. The Morgan fingerprint density at radius 3 is 2.43 bits per heavy atom. The third kappa shape index (κ3) is 5.46. The van der Waals surface area contributed by atoms with Crippen LogP contribution in [0.2, 0.25) is 0 Å². The summed E-state index contributed by atoms with van der Waals surface area (Å²) < 4.78 is 20.1. The van der Waals surface area contributed by atoms with Crippen LogP contribution in [0, 0.1) is 24.1 Å². The van der Waals surface area contributed by atoms with Gasteiger partial charge < -0.3 is 19.9 Å². The first kappa shape index (κ1) is 26.2. The fraction of sp³-hybridized carbons (Fsp3) is 0.414. The lowest BCUT2D eigenvalue weighted by Crippen LogP contribution is -2.60. The molecule has 0 atom stereocenters. The Labute approximate surface area is 218 Å². The summed E-state index contributed by atoms with van der Waals surface area (Å²) >= 11 is 0. The molecule has 0 saturated carbocycles. The van der Waals surface area contributed by atoms with Crippen LogP contribution in [-0.2, 0) is 5.41 Å². The summed E-state index contributed by atoms with van der Waals surface area (Å²) in [5, 5.41) is 12.8. The number of methoxy groups -OCH3 is 1. The Bertz CT molecular complexity index is 1320. The minimum absolute atomic E-state index is 0.119. The number of nitriles is 1. The number of piperazine rings is 1. The van der Waals surface area contributed by atoms with Crippen molar-refractivity contribution in [1.29, 1.82) is 5.26 Å². The van der Waals surface area contributed by atoms with E-state index in [0.717, 1.165) is 34.8 Å². The van der Waals surface area contributed by atoms with Crippen LogP contribution in [0.25, 0.3) is 0 Å². The molecule has 194 valence electrons. The predicted molar refractivity (Wildman–Crippen MR) is 146 cm³/mol. The summed E-state index contributed by atoms with van der Waals surface area (Å²) in [5.41, 5.74) is 3.77. The van der Waals surface area contributed by atoms with Crippen molar-refractivity contribution in [3.05, 3.63) is 65.1 Å². The van der Waals surface area contributed by atoms with Gasteiger partial charge in [-0.2, -0.15) is 10.2 Å². The summed E-state index contributed by atoms with van der Waals surface area (Å²) in [4.78, 5) is 13.4. The highest BCUT2D eigenvalue weighted by molar-refractivity contribution is 5.66.